The summed E-state index contributed by atoms with van der Waals surface area (Å²) in [6, 6.07) is 14.4. The molecule has 0 radical (unpaired) electrons. The Morgan fingerprint density at radius 2 is 1.85 bits per heavy atom. The lowest BCUT2D eigenvalue weighted by Gasteiger charge is -2.36. The average molecular weight is 857 g/mol. The van der Waals surface area contributed by atoms with Gasteiger partial charge in [-0.15, -0.1) is 0 Å². The SMILES string of the molecule is CCn1c(-c2cccnc2C(C)OC)c(CC(C)(C)COC=O)c2cc(-c3cc(CC(NC(=O)C(C(C)C)N(C)C(C)=O)C(=O)N4CCC[C@@H](C)N4)cc(S(C)=O)c3)ccc21. The van der Waals surface area contributed by atoms with Crippen LogP contribution in [0, 0.1) is 11.3 Å². The zero-order valence-corrected chi connectivity index (χ0v) is 38.5. The molecule has 13 nitrogen and oxygen atoms in total. The van der Waals surface area contributed by atoms with Gasteiger partial charge in [-0.1, -0.05) is 39.8 Å². The number of carbonyl (C=O) groups excluding carboxylic acids is 4. The molecule has 0 bridgehead atoms. The molecule has 4 aromatic rings. The highest BCUT2D eigenvalue weighted by atomic mass is 32.2. The van der Waals surface area contributed by atoms with E-state index in [4.69, 9.17) is 14.5 Å². The fourth-order valence-corrected chi connectivity index (χ4v) is 9.11. The standard InChI is InChI=1S/C47H64N6O7S/c1-12-52-41-18-17-34(25-38(41)39(26-47(7,8)27-60-28-54)44(52)37-16-13-19-48-42(37)31(5)59-10)35-21-33(22-36(24-35)61(11)58)23-40(46(57)53-20-14-15-30(4)50-53)49-45(56)43(29(2)3)51(9)32(6)55/h13,16-19,21-22,24-25,28-31,40,43,50H,12,14-15,20,23,26-27H2,1-11H3,(H,49,56)/t30-,31?,40?,43?,61?/m1/s1. The van der Waals surface area contributed by atoms with Crippen LogP contribution in [0.3, 0.4) is 0 Å². The van der Waals surface area contributed by atoms with Crippen LogP contribution in [0.15, 0.2) is 59.6 Å². The first-order valence-corrected chi connectivity index (χ1v) is 22.7. The molecule has 0 spiro atoms. The van der Waals surface area contributed by atoms with Crippen LogP contribution >= 0.6 is 0 Å². The van der Waals surface area contributed by atoms with Crippen LogP contribution in [-0.2, 0) is 58.8 Å². The van der Waals surface area contributed by atoms with Crippen LogP contribution < -0.4 is 10.7 Å². The van der Waals surface area contributed by atoms with Crippen molar-refractivity contribution in [2.45, 2.75) is 117 Å². The number of nitrogens with one attached hydrogen (secondary N) is 2. The topological polar surface area (TPSA) is 152 Å². The van der Waals surface area contributed by atoms with Gasteiger partial charge in [-0.05, 0) is 105 Å². The van der Waals surface area contributed by atoms with Gasteiger partial charge in [0, 0.05) is 96.7 Å². The van der Waals surface area contributed by atoms with Crippen LogP contribution in [0.25, 0.3) is 33.3 Å². The van der Waals surface area contributed by atoms with Crippen LogP contribution in [0.5, 0.6) is 0 Å². The summed E-state index contributed by atoms with van der Waals surface area (Å²) in [4.78, 5) is 58.9. The minimum Gasteiger partial charge on any atom is -0.467 e. The van der Waals surface area contributed by atoms with Crippen LogP contribution in [0.1, 0.15) is 91.2 Å². The van der Waals surface area contributed by atoms with Gasteiger partial charge in [0.1, 0.15) is 12.1 Å². The molecule has 2 aromatic carbocycles. The molecule has 3 amide bonds. The second kappa shape index (κ2) is 20.3. The fraction of sp³-hybridized carbons (Fsp3) is 0.511. The maximum Gasteiger partial charge on any atom is 0.293 e. The Bertz CT molecular complexity index is 2250. The molecule has 14 heteroatoms. The zero-order chi connectivity index (χ0) is 44.8. The van der Waals surface area contributed by atoms with E-state index in [1.807, 2.05) is 52.0 Å². The monoisotopic (exact) mass is 856 g/mol. The first-order valence-electron chi connectivity index (χ1n) is 21.2. The van der Waals surface area contributed by atoms with E-state index in [9.17, 15) is 23.4 Å². The molecule has 5 rings (SSSR count). The predicted octanol–water partition coefficient (Wildman–Crippen LogP) is 6.62. The van der Waals surface area contributed by atoms with E-state index in [1.165, 1.54) is 11.8 Å². The maximum atomic E-state index is 14.3. The molecule has 61 heavy (non-hydrogen) atoms. The Balaban J connectivity index is 1.67. The van der Waals surface area contributed by atoms with E-state index in [0.29, 0.717) is 30.9 Å². The molecular weight excluding hydrogens is 793 g/mol. The highest BCUT2D eigenvalue weighted by molar-refractivity contribution is 7.84. The summed E-state index contributed by atoms with van der Waals surface area (Å²) in [5.74, 6) is -1.17. The van der Waals surface area contributed by atoms with Crippen molar-refractivity contribution in [1.29, 1.82) is 0 Å². The fourth-order valence-electron chi connectivity index (χ4n) is 8.50. The number of fused-ring (bicyclic) bond motifs is 1. The van der Waals surface area contributed by atoms with Crippen molar-refractivity contribution in [2.75, 3.05) is 33.6 Å². The number of aryl methyl sites for hydroxylation is 1. The molecule has 2 aromatic heterocycles. The minimum absolute atomic E-state index is 0.0814. The number of carbonyl (C=O) groups is 4. The van der Waals surface area contributed by atoms with E-state index in [1.54, 1.807) is 31.6 Å². The average Bonchev–Trinajstić information content (AvgIpc) is 3.53. The van der Waals surface area contributed by atoms with Crippen molar-refractivity contribution in [3.63, 3.8) is 0 Å². The number of hydrogen-bond acceptors (Lipinski definition) is 9. The van der Waals surface area contributed by atoms with Gasteiger partial charge in [0.05, 0.1) is 24.1 Å². The van der Waals surface area contributed by atoms with Gasteiger partial charge in [-0.2, -0.15) is 0 Å². The number of hydrogen-bond donors (Lipinski definition) is 2. The van der Waals surface area contributed by atoms with Crippen molar-refractivity contribution in [3.05, 3.63) is 71.5 Å². The van der Waals surface area contributed by atoms with Crippen LogP contribution in [0.2, 0.25) is 0 Å². The van der Waals surface area contributed by atoms with Gasteiger partial charge < -0.3 is 24.3 Å². The van der Waals surface area contributed by atoms with Gasteiger partial charge in [0.15, 0.2) is 0 Å². The second-order valence-electron chi connectivity index (χ2n) is 17.4. The van der Waals surface area contributed by atoms with Gasteiger partial charge >= 0.3 is 0 Å². The van der Waals surface area contributed by atoms with E-state index >= 15 is 0 Å². The Labute approximate surface area is 363 Å². The zero-order valence-electron chi connectivity index (χ0n) is 37.7. The maximum absolute atomic E-state index is 14.3. The number of hydrazine groups is 1. The molecule has 2 N–H and O–H groups in total. The summed E-state index contributed by atoms with van der Waals surface area (Å²) in [5, 5.41) is 5.63. The van der Waals surface area contributed by atoms with E-state index < -0.39 is 34.2 Å². The number of amides is 3. The van der Waals surface area contributed by atoms with Gasteiger partial charge in [0.2, 0.25) is 11.8 Å². The van der Waals surface area contributed by atoms with Crippen molar-refractivity contribution in [3.8, 4) is 22.4 Å². The van der Waals surface area contributed by atoms with Crippen LogP contribution in [-0.4, -0.2) is 99.6 Å². The van der Waals surface area contributed by atoms with Crippen molar-refractivity contribution in [1.82, 2.24) is 30.2 Å². The third-order valence-electron chi connectivity index (χ3n) is 11.7. The predicted molar refractivity (Wildman–Crippen MR) is 240 cm³/mol. The molecule has 3 heterocycles. The third kappa shape index (κ3) is 10.9. The van der Waals surface area contributed by atoms with Crippen molar-refractivity contribution >= 4 is 45.9 Å². The smallest absolute Gasteiger partial charge is 0.293 e. The number of methoxy groups -OCH3 is 1. The Kier molecular flexibility index (Phi) is 15.7. The summed E-state index contributed by atoms with van der Waals surface area (Å²) >= 11 is 0. The number of rotatable bonds is 18. The molecule has 5 atom stereocenters. The number of ether oxygens (including phenoxy) is 2. The lowest BCUT2D eigenvalue weighted by atomic mass is 9.84. The van der Waals surface area contributed by atoms with E-state index in [0.717, 1.165) is 62.9 Å². The molecule has 1 saturated heterocycles. The minimum atomic E-state index is -1.38. The Morgan fingerprint density at radius 3 is 2.48 bits per heavy atom. The molecule has 1 aliphatic heterocycles. The summed E-state index contributed by atoms with van der Waals surface area (Å²) in [6.45, 7) is 17.3. The highest BCUT2D eigenvalue weighted by Gasteiger charge is 2.35. The lowest BCUT2D eigenvalue weighted by Crippen LogP contribution is -2.60. The first-order chi connectivity index (χ1) is 28.9. The summed E-state index contributed by atoms with van der Waals surface area (Å²) < 4.78 is 26.7. The van der Waals surface area contributed by atoms with Gasteiger partial charge in [0.25, 0.3) is 12.4 Å². The molecule has 1 aliphatic rings. The normalized spacial score (nSPS) is 16.5. The number of benzene rings is 2. The molecule has 0 saturated carbocycles. The number of pyridine rings is 1. The Morgan fingerprint density at radius 1 is 1.11 bits per heavy atom. The first kappa shape index (κ1) is 47.1. The highest BCUT2D eigenvalue weighted by Crippen LogP contribution is 2.42. The van der Waals surface area contributed by atoms with Gasteiger partial charge in [-0.3, -0.25) is 33.4 Å². The third-order valence-corrected chi connectivity index (χ3v) is 12.6. The van der Waals surface area contributed by atoms with E-state index in [2.05, 4.69) is 60.3 Å². The largest absolute Gasteiger partial charge is 0.467 e. The summed E-state index contributed by atoms with van der Waals surface area (Å²) in [6.07, 6.45) is 5.56. The molecule has 330 valence electrons. The molecular formula is C47H64N6O7S. The number of nitrogens with zero attached hydrogens (tertiary/aromatic N) is 4. The molecule has 0 aliphatic carbocycles. The van der Waals surface area contributed by atoms with E-state index in [-0.39, 0.29) is 42.9 Å². The molecule has 4 unspecified atom stereocenters. The quantitative estimate of drug-likeness (QED) is 0.105. The second-order valence-corrected chi connectivity index (χ2v) is 18.8. The van der Waals surface area contributed by atoms with Crippen molar-refractivity contribution in [2.24, 2.45) is 11.3 Å². The van der Waals surface area contributed by atoms with Gasteiger partial charge in [-0.25, -0.2) is 5.43 Å². The molecule has 1 fully saturated rings. The van der Waals surface area contributed by atoms with Crippen LogP contribution in [0.4, 0.5) is 0 Å². The van der Waals surface area contributed by atoms with Crippen molar-refractivity contribution < 1.29 is 32.9 Å². The number of likely N-dealkylation sites (N-methyl/N-ethyl adjacent to an activating group) is 1. The summed E-state index contributed by atoms with van der Waals surface area (Å²) in [5.41, 5.74) is 10.1. The number of aromatic nitrogens is 2. The summed E-state index contributed by atoms with van der Waals surface area (Å²) in [7, 11) is 1.89. The lowest BCUT2D eigenvalue weighted by molar-refractivity contribution is -0.144. The Hall–Kier alpha value is -4.92.